The minimum Gasteiger partial charge on any atom is -0.382 e. The van der Waals surface area contributed by atoms with E-state index in [0.717, 1.165) is 10.3 Å². The van der Waals surface area contributed by atoms with Gasteiger partial charge in [-0.3, -0.25) is 32.6 Å². The van der Waals surface area contributed by atoms with Crippen molar-refractivity contribution in [3.8, 4) is 0 Å². The van der Waals surface area contributed by atoms with Crippen LogP contribution in [0, 0.1) is 0 Å². The maximum Gasteiger partial charge on any atom is 0.472 e. The summed E-state index contributed by atoms with van der Waals surface area (Å²) >= 11 is 0. The molecule has 4 aromatic rings. The van der Waals surface area contributed by atoms with Gasteiger partial charge in [0.2, 0.25) is 0 Å². The number of phosphoric ester groups is 2. The average Bonchev–Trinajstić information content (AvgIpc) is 3.58. The molecule has 4 atom stereocenters. The molecule has 2 amide bonds. The largest absolute Gasteiger partial charge is 0.472 e. The number of carbonyl (C=O) groups is 2. The molecule has 0 saturated carbocycles. The van der Waals surface area contributed by atoms with Gasteiger partial charge in [-0.1, -0.05) is 24.3 Å². The SMILES string of the molecule is Nc1ncnc2c1ncn2[C@H]1C[C@H](OP(=O)(O)O)[C@@H](COP(=O)(O)OCCCN2C(=O)c3cccc4cccc(c34)C2=O)O1. The maximum absolute atomic E-state index is 13.0. The quantitative estimate of drug-likeness (QED) is 0.103. The number of nitrogens with zero attached hydrogens (tertiary/aromatic N) is 5. The molecule has 44 heavy (non-hydrogen) atoms. The van der Waals surface area contributed by atoms with E-state index in [1.54, 1.807) is 24.3 Å². The second-order valence-electron chi connectivity index (χ2n) is 10.0. The average molecular weight is 648 g/mol. The smallest absolute Gasteiger partial charge is 0.382 e. The molecule has 0 aliphatic carbocycles. The van der Waals surface area contributed by atoms with Crippen LogP contribution in [-0.4, -0.2) is 82.9 Å². The Morgan fingerprint density at radius 2 is 1.70 bits per heavy atom. The van der Waals surface area contributed by atoms with Crippen molar-refractivity contribution in [2.75, 3.05) is 25.5 Å². The highest BCUT2D eigenvalue weighted by atomic mass is 31.2. The predicted molar refractivity (Wildman–Crippen MR) is 151 cm³/mol. The molecule has 19 heteroatoms. The summed E-state index contributed by atoms with van der Waals surface area (Å²) in [5.41, 5.74) is 7.16. The monoisotopic (exact) mass is 648 g/mol. The summed E-state index contributed by atoms with van der Waals surface area (Å²) in [7, 11) is -9.70. The van der Waals surface area contributed by atoms with Crippen molar-refractivity contribution in [3.63, 3.8) is 0 Å². The molecular formula is C25H26N6O11P2. The van der Waals surface area contributed by atoms with Crippen molar-refractivity contribution in [2.45, 2.75) is 31.3 Å². The zero-order valence-electron chi connectivity index (χ0n) is 22.7. The lowest BCUT2D eigenvalue weighted by Gasteiger charge is -2.27. The van der Waals surface area contributed by atoms with Crippen LogP contribution in [0.2, 0.25) is 0 Å². The minimum absolute atomic E-state index is 0.0220. The third-order valence-corrected chi connectivity index (χ3v) is 8.72. The molecule has 1 fully saturated rings. The standard InChI is InChI=1S/C25H26N6O11P2/c26-22-21-23(28-12-27-22)31(13-29-21)19-10-17(42-43(34,35)36)18(41-19)11-40-44(37,38)39-9-3-8-30-24(32)15-6-1-4-14-5-2-7-16(20(14)15)25(30)33/h1-2,4-7,12-13,17-19H,3,8-11H2,(H,37,38)(H2,26,27,28)(H2,34,35,36)/t17-,18+,19+/m0/s1. The van der Waals surface area contributed by atoms with E-state index < -0.39 is 52.5 Å². The van der Waals surface area contributed by atoms with E-state index in [2.05, 4.69) is 15.0 Å². The highest BCUT2D eigenvalue weighted by Crippen LogP contribution is 2.47. The van der Waals surface area contributed by atoms with E-state index in [0.29, 0.717) is 22.2 Å². The van der Waals surface area contributed by atoms with Gasteiger partial charge in [-0.15, -0.1) is 0 Å². The van der Waals surface area contributed by atoms with Crippen LogP contribution >= 0.6 is 15.6 Å². The normalized spacial score (nSPS) is 21.8. The molecule has 0 bridgehead atoms. The van der Waals surface area contributed by atoms with E-state index in [-0.39, 0.29) is 37.3 Å². The van der Waals surface area contributed by atoms with E-state index >= 15 is 0 Å². The molecule has 232 valence electrons. The van der Waals surface area contributed by atoms with Crippen LogP contribution in [-0.2, 0) is 27.4 Å². The summed E-state index contributed by atoms with van der Waals surface area (Å²) in [4.78, 5) is 68.2. The van der Waals surface area contributed by atoms with Crippen LogP contribution in [0.4, 0.5) is 5.82 Å². The van der Waals surface area contributed by atoms with Gasteiger partial charge in [0.05, 0.1) is 19.5 Å². The van der Waals surface area contributed by atoms with E-state index in [4.69, 9.17) is 24.0 Å². The zero-order valence-corrected chi connectivity index (χ0v) is 24.5. The Kier molecular flexibility index (Phi) is 8.09. The van der Waals surface area contributed by atoms with Crippen molar-refractivity contribution < 1.29 is 51.7 Å². The molecule has 2 aliphatic rings. The number of hydrogen-bond donors (Lipinski definition) is 4. The lowest BCUT2D eigenvalue weighted by Crippen LogP contribution is -2.41. The van der Waals surface area contributed by atoms with Gasteiger partial charge < -0.3 is 25.2 Å². The number of amides is 2. The fourth-order valence-corrected chi connectivity index (χ4v) is 6.62. The molecule has 1 saturated heterocycles. The molecule has 2 aromatic carbocycles. The summed E-state index contributed by atoms with van der Waals surface area (Å²) in [6, 6.07) is 10.3. The fourth-order valence-electron chi connectivity index (χ4n) is 5.28. The number of imide groups is 1. The number of anilines is 1. The number of nitrogens with two attached hydrogens (primary N) is 1. The number of ether oxygens (including phenoxy) is 1. The third-order valence-electron chi connectivity index (χ3n) is 7.19. The Hall–Kier alpha value is -3.63. The van der Waals surface area contributed by atoms with E-state index in [1.807, 2.05) is 12.1 Å². The predicted octanol–water partition coefficient (Wildman–Crippen LogP) is 2.15. The molecule has 4 heterocycles. The summed E-state index contributed by atoms with van der Waals surface area (Å²) in [5.74, 6) is -0.845. The molecule has 1 unspecified atom stereocenters. The number of nitrogen functional groups attached to an aromatic ring is 1. The molecule has 0 spiro atoms. The highest BCUT2D eigenvalue weighted by Gasteiger charge is 2.42. The van der Waals surface area contributed by atoms with Crippen molar-refractivity contribution in [3.05, 3.63) is 60.2 Å². The van der Waals surface area contributed by atoms with E-state index in [1.165, 1.54) is 17.2 Å². The number of benzene rings is 2. The van der Waals surface area contributed by atoms with Gasteiger partial charge in [0.25, 0.3) is 11.8 Å². The van der Waals surface area contributed by atoms with Gasteiger partial charge in [0.15, 0.2) is 11.5 Å². The van der Waals surface area contributed by atoms with E-state index in [9.17, 15) is 33.4 Å². The lowest BCUT2D eigenvalue weighted by molar-refractivity contribution is -0.0432. The topological polar surface area (TPSA) is 239 Å². The first-order valence-corrected chi connectivity index (χ1v) is 16.3. The fraction of sp³-hybridized carbons (Fsp3) is 0.320. The Morgan fingerprint density at radius 1 is 1.00 bits per heavy atom. The first-order valence-electron chi connectivity index (χ1n) is 13.2. The highest BCUT2D eigenvalue weighted by molar-refractivity contribution is 7.47. The number of fused-ring (bicyclic) bond motifs is 1. The van der Waals surface area contributed by atoms with Crippen LogP contribution < -0.4 is 5.73 Å². The van der Waals surface area contributed by atoms with Gasteiger partial charge in [0, 0.05) is 29.5 Å². The molecule has 6 rings (SSSR count). The first kappa shape index (κ1) is 30.4. The van der Waals surface area contributed by atoms with Gasteiger partial charge in [-0.2, -0.15) is 0 Å². The molecule has 2 aromatic heterocycles. The molecule has 5 N–H and O–H groups in total. The summed E-state index contributed by atoms with van der Waals surface area (Å²) in [6.45, 7) is -1.07. The first-order chi connectivity index (χ1) is 20.9. The molecular weight excluding hydrogens is 622 g/mol. The van der Waals surface area contributed by atoms with Gasteiger partial charge in [-0.05, 0) is 23.9 Å². The third kappa shape index (κ3) is 6.02. The van der Waals surface area contributed by atoms with Crippen LogP contribution in [0.3, 0.4) is 0 Å². The number of phosphoric acid groups is 2. The summed E-state index contributed by atoms with van der Waals surface area (Å²) in [6.07, 6.45) is -0.858. The van der Waals surface area contributed by atoms with Crippen LogP contribution in [0.5, 0.6) is 0 Å². The summed E-state index contributed by atoms with van der Waals surface area (Å²) in [5, 5.41) is 1.35. The lowest BCUT2D eigenvalue weighted by atomic mass is 9.94. The van der Waals surface area contributed by atoms with Crippen molar-refractivity contribution >= 4 is 55.2 Å². The second-order valence-corrected chi connectivity index (χ2v) is 12.7. The number of carbonyl (C=O) groups excluding carboxylic acids is 2. The van der Waals surface area contributed by atoms with Crippen molar-refractivity contribution in [1.29, 1.82) is 0 Å². The maximum atomic E-state index is 13.0. The molecule has 2 aliphatic heterocycles. The van der Waals surface area contributed by atoms with Crippen LogP contribution in [0.25, 0.3) is 21.9 Å². The Bertz CT molecular complexity index is 1810. The Balaban J connectivity index is 1.06. The van der Waals surface area contributed by atoms with Gasteiger partial charge in [-0.25, -0.2) is 24.1 Å². The molecule has 0 radical (unpaired) electrons. The minimum atomic E-state index is -4.98. The number of rotatable bonds is 11. The van der Waals surface area contributed by atoms with Crippen LogP contribution in [0.1, 0.15) is 39.8 Å². The van der Waals surface area contributed by atoms with Crippen molar-refractivity contribution in [2.24, 2.45) is 0 Å². The van der Waals surface area contributed by atoms with Gasteiger partial charge >= 0.3 is 15.6 Å². The van der Waals surface area contributed by atoms with Crippen LogP contribution in [0.15, 0.2) is 49.1 Å². The molecule has 17 nitrogen and oxygen atoms in total. The zero-order chi connectivity index (χ0) is 31.2. The van der Waals surface area contributed by atoms with Crippen molar-refractivity contribution in [1.82, 2.24) is 24.4 Å². The number of hydrogen-bond acceptors (Lipinski definition) is 12. The Morgan fingerprint density at radius 3 is 2.39 bits per heavy atom. The number of imidazole rings is 1. The Labute approximate surface area is 248 Å². The van der Waals surface area contributed by atoms with Gasteiger partial charge in [0.1, 0.15) is 30.3 Å². The second kappa shape index (κ2) is 11.7. The number of aromatic nitrogens is 4. The summed E-state index contributed by atoms with van der Waals surface area (Å²) < 4.78 is 46.5.